The van der Waals surface area contributed by atoms with Gasteiger partial charge < -0.3 is 5.73 Å². The van der Waals surface area contributed by atoms with Crippen molar-refractivity contribution in [1.29, 1.82) is 0 Å². The number of rotatable bonds is 3. The van der Waals surface area contributed by atoms with Crippen LogP contribution in [0.1, 0.15) is 22.7 Å². The second-order valence-electron chi connectivity index (χ2n) is 4.64. The van der Waals surface area contributed by atoms with Gasteiger partial charge in [0.1, 0.15) is 5.82 Å². The zero-order chi connectivity index (χ0) is 15.6. The van der Waals surface area contributed by atoms with Crippen molar-refractivity contribution in [2.75, 3.05) is 0 Å². The highest BCUT2D eigenvalue weighted by Crippen LogP contribution is 2.30. The number of hydrogen-bond donors (Lipinski definition) is 1. The van der Waals surface area contributed by atoms with E-state index in [-0.39, 0.29) is 11.4 Å². The molecular formula is C15H12ClF4N. The van der Waals surface area contributed by atoms with Crippen LogP contribution in [0.15, 0.2) is 42.5 Å². The molecule has 0 aliphatic rings. The average Bonchev–Trinajstić information content (AvgIpc) is 2.43. The van der Waals surface area contributed by atoms with Gasteiger partial charge in [-0.1, -0.05) is 35.9 Å². The molecule has 0 amide bonds. The Balaban J connectivity index is 2.17. The van der Waals surface area contributed by atoms with Crippen LogP contribution in [-0.4, -0.2) is 0 Å². The Morgan fingerprint density at radius 1 is 1.05 bits per heavy atom. The van der Waals surface area contributed by atoms with Crippen LogP contribution in [-0.2, 0) is 12.6 Å². The third-order valence-electron chi connectivity index (χ3n) is 3.14. The predicted octanol–water partition coefficient (Wildman–Crippen LogP) is 4.74. The first-order valence-corrected chi connectivity index (χ1v) is 6.52. The van der Waals surface area contributed by atoms with E-state index in [0.717, 1.165) is 12.1 Å². The Morgan fingerprint density at radius 3 is 2.24 bits per heavy atom. The molecule has 2 aromatic carbocycles. The van der Waals surface area contributed by atoms with Gasteiger partial charge in [-0.15, -0.1) is 0 Å². The summed E-state index contributed by atoms with van der Waals surface area (Å²) >= 11 is 5.67. The van der Waals surface area contributed by atoms with E-state index in [9.17, 15) is 17.6 Å². The van der Waals surface area contributed by atoms with Gasteiger partial charge in [-0.2, -0.15) is 13.2 Å². The molecule has 0 bridgehead atoms. The fourth-order valence-corrected chi connectivity index (χ4v) is 2.17. The van der Waals surface area contributed by atoms with Gasteiger partial charge in [0, 0.05) is 6.04 Å². The monoisotopic (exact) mass is 317 g/mol. The highest BCUT2D eigenvalue weighted by atomic mass is 35.5. The van der Waals surface area contributed by atoms with E-state index in [0.29, 0.717) is 11.1 Å². The van der Waals surface area contributed by atoms with Crippen molar-refractivity contribution < 1.29 is 17.6 Å². The summed E-state index contributed by atoms with van der Waals surface area (Å²) < 4.78 is 51.2. The normalized spacial score (nSPS) is 13.2. The molecule has 112 valence electrons. The molecule has 0 heterocycles. The van der Waals surface area contributed by atoms with Crippen LogP contribution in [0.4, 0.5) is 17.6 Å². The van der Waals surface area contributed by atoms with Crippen LogP contribution in [0.2, 0.25) is 5.02 Å². The van der Waals surface area contributed by atoms with Crippen LogP contribution in [0.3, 0.4) is 0 Å². The summed E-state index contributed by atoms with van der Waals surface area (Å²) in [4.78, 5) is 0. The lowest BCUT2D eigenvalue weighted by Gasteiger charge is -2.14. The minimum Gasteiger partial charge on any atom is -0.324 e. The first kappa shape index (κ1) is 15.8. The first-order valence-electron chi connectivity index (χ1n) is 6.14. The second-order valence-corrected chi connectivity index (χ2v) is 5.05. The molecule has 0 aromatic heterocycles. The van der Waals surface area contributed by atoms with Crippen LogP contribution in [0.5, 0.6) is 0 Å². The zero-order valence-electron chi connectivity index (χ0n) is 10.8. The third kappa shape index (κ3) is 3.74. The van der Waals surface area contributed by atoms with Gasteiger partial charge >= 0.3 is 6.18 Å². The summed E-state index contributed by atoms with van der Waals surface area (Å²) in [5.74, 6) is -0.554. The van der Waals surface area contributed by atoms with Gasteiger partial charge in [0.15, 0.2) is 0 Å². The molecular weight excluding hydrogens is 306 g/mol. The topological polar surface area (TPSA) is 26.0 Å². The molecule has 0 fully saturated rings. The van der Waals surface area contributed by atoms with Gasteiger partial charge in [-0.05, 0) is 35.7 Å². The van der Waals surface area contributed by atoms with E-state index in [2.05, 4.69) is 0 Å². The lowest BCUT2D eigenvalue weighted by atomic mass is 9.98. The van der Waals surface area contributed by atoms with Gasteiger partial charge in [0.2, 0.25) is 0 Å². The zero-order valence-corrected chi connectivity index (χ0v) is 11.5. The van der Waals surface area contributed by atoms with Crippen molar-refractivity contribution in [3.05, 3.63) is 70.0 Å². The molecule has 0 spiro atoms. The summed E-state index contributed by atoms with van der Waals surface area (Å²) in [5, 5.41) is -0.00730. The van der Waals surface area contributed by atoms with Crippen molar-refractivity contribution >= 4 is 11.6 Å². The molecule has 1 unspecified atom stereocenters. The molecule has 0 aliphatic heterocycles. The van der Waals surface area contributed by atoms with Gasteiger partial charge in [-0.25, -0.2) is 4.39 Å². The van der Waals surface area contributed by atoms with Crippen molar-refractivity contribution in [3.8, 4) is 0 Å². The van der Waals surface area contributed by atoms with Crippen molar-refractivity contribution in [2.45, 2.75) is 18.6 Å². The number of nitrogens with two attached hydrogens (primary N) is 1. The number of alkyl halides is 3. The van der Waals surface area contributed by atoms with Crippen molar-refractivity contribution in [2.24, 2.45) is 5.73 Å². The minimum absolute atomic E-state index is 0.00730. The second kappa shape index (κ2) is 6.03. The number of hydrogen-bond acceptors (Lipinski definition) is 1. The van der Waals surface area contributed by atoms with Crippen LogP contribution < -0.4 is 5.73 Å². The van der Waals surface area contributed by atoms with E-state index in [1.54, 1.807) is 12.1 Å². The number of halogens is 5. The molecule has 21 heavy (non-hydrogen) atoms. The predicted molar refractivity (Wildman–Crippen MR) is 73.5 cm³/mol. The van der Waals surface area contributed by atoms with Crippen molar-refractivity contribution in [3.63, 3.8) is 0 Å². The lowest BCUT2D eigenvalue weighted by molar-refractivity contribution is -0.137. The van der Waals surface area contributed by atoms with E-state index in [4.69, 9.17) is 17.3 Å². The van der Waals surface area contributed by atoms with E-state index in [1.165, 1.54) is 18.2 Å². The van der Waals surface area contributed by atoms with Crippen molar-refractivity contribution in [1.82, 2.24) is 0 Å². The summed E-state index contributed by atoms with van der Waals surface area (Å²) in [6.45, 7) is 0. The maximum atomic E-state index is 13.8. The Kier molecular flexibility index (Phi) is 4.54. The quantitative estimate of drug-likeness (QED) is 0.813. The van der Waals surface area contributed by atoms with Crippen LogP contribution in [0.25, 0.3) is 0 Å². The molecule has 2 aromatic rings. The van der Waals surface area contributed by atoms with Gasteiger partial charge in [0.05, 0.1) is 10.6 Å². The van der Waals surface area contributed by atoms with E-state index < -0.39 is 23.6 Å². The standard InChI is InChI=1S/C15H12ClF4N/c16-12-3-1-2-10(14(12)17)8-13(21)9-4-6-11(7-5-9)15(18,19)20/h1-7,13H,8,21H2. The minimum atomic E-state index is -4.39. The maximum Gasteiger partial charge on any atom is 0.416 e. The third-order valence-corrected chi connectivity index (χ3v) is 3.43. The summed E-state index contributed by atoms with van der Waals surface area (Å²) in [7, 11) is 0. The molecule has 0 radical (unpaired) electrons. The van der Waals surface area contributed by atoms with E-state index >= 15 is 0 Å². The Morgan fingerprint density at radius 2 is 1.67 bits per heavy atom. The Hall–Kier alpha value is -1.59. The largest absolute Gasteiger partial charge is 0.416 e. The summed E-state index contributed by atoms with van der Waals surface area (Å²) in [6.07, 6.45) is -4.24. The Labute approximate surface area is 124 Å². The summed E-state index contributed by atoms with van der Waals surface area (Å²) in [5.41, 5.74) is 6.00. The number of benzene rings is 2. The highest BCUT2D eigenvalue weighted by Gasteiger charge is 2.30. The Bertz CT molecular complexity index is 623. The smallest absolute Gasteiger partial charge is 0.324 e. The molecule has 2 rings (SSSR count). The van der Waals surface area contributed by atoms with Gasteiger partial charge in [-0.3, -0.25) is 0 Å². The van der Waals surface area contributed by atoms with Crippen LogP contribution in [0, 0.1) is 5.82 Å². The fourth-order valence-electron chi connectivity index (χ4n) is 1.98. The molecule has 1 nitrogen and oxygen atoms in total. The molecule has 0 saturated heterocycles. The molecule has 2 N–H and O–H groups in total. The molecule has 1 atom stereocenters. The molecule has 0 saturated carbocycles. The SMILES string of the molecule is NC(Cc1cccc(Cl)c1F)c1ccc(C(F)(F)F)cc1. The maximum absolute atomic E-state index is 13.8. The lowest BCUT2D eigenvalue weighted by Crippen LogP contribution is -2.15. The van der Waals surface area contributed by atoms with Crippen LogP contribution >= 0.6 is 11.6 Å². The fraction of sp³-hybridized carbons (Fsp3) is 0.200. The molecule has 0 aliphatic carbocycles. The van der Waals surface area contributed by atoms with Gasteiger partial charge in [0.25, 0.3) is 0 Å². The first-order chi connectivity index (χ1) is 9.79. The highest BCUT2D eigenvalue weighted by molar-refractivity contribution is 6.30. The summed E-state index contributed by atoms with van der Waals surface area (Å²) in [6, 6.07) is 8.48. The molecule has 6 heteroatoms. The average molecular weight is 318 g/mol. The van der Waals surface area contributed by atoms with E-state index in [1.807, 2.05) is 0 Å².